The maximum atomic E-state index is 11.0. The van der Waals surface area contributed by atoms with Crippen LogP contribution in [0.5, 0.6) is 5.88 Å². The van der Waals surface area contributed by atoms with Crippen LogP contribution < -0.4 is 4.74 Å². The van der Waals surface area contributed by atoms with E-state index in [4.69, 9.17) is 27.9 Å². The molecule has 0 unspecified atom stereocenters. The molecule has 0 saturated heterocycles. The van der Waals surface area contributed by atoms with Crippen molar-refractivity contribution in [3.8, 4) is 17.1 Å². The van der Waals surface area contributed by atoms with E-state index in [1.165, 1.54) is 19.2 Å². The second-order valence-corrected chi connectivity index (χ2v) is 4.51. The molecule has 5 nitrogen and oxygen atoms in total. The molecule has 0 fully saturated rings. The number of hydrogen-bond acceptors (Lipinski definition) is 4. The van der Waals surface area contributed by atoms with E-state index >= 15 is 0 Å². The lowest BCUT2D eigenvalue weighted by Crippen LogP contribution is -1.97. The second-order valence-electron chi connectivity index (χ2n) is 3.64. The van der Waals surface area contributed by atoms with Crippen molar-refractivity contribution in [2.75, 3.05) is 7.11 Å². The first kappa shape index (κ1) is 13.6. The van der Waals surface area contributed by atoms with Gasteiger partial charge in [-0.15, -0.1) is 0 Å². The number of pyridine rings is 1. The number of aromatic nitrogens is 1. The average molecular weight is 299 g/mol. The fraction of sp³-hybridized carbons (Fsp3) is 0.0833. The summed E-state index contributed by atoms with van der Waals surface area (Å²) in [5.41, 5.74) is 0.482. The Bertz CT molecular complexity index is 627. The first-order valence-corrected chi connectivity index (χ1v) is 5.92. The molecule has 0 aliphatic carbocycles. The molecule has 0 atom stereocenters. The van der Waals surface area contributed by atoms with Gasteiger partial charge in [-0.05, 0) is 18.2 Å². The molecule has 1 aromatic carbocycles. The van der Waals surface area contributed by atoms with Crippen LogP contribution in [0.3, 0.4) is 0 Å². The van der Waals surface area contributed by atoms with Gasteiger partial charge in [0.1, 0.15) is 0 Å². The third-order valence-corrected chi connectivity index (χ3v) is 2.83. The molecule has 0 aliphatic rings. The van der Waals surface area contributed by atoms with E-state index in [9.17, 15) is 10.1 Å². The van der Waals surface area contributed by atoms with Crippen molar-refractivity contribution in [2.45, 2.75) is 0 Å². The molecule has 1 heterocycles. The molecule has 2 aromatic rings. The Balaban J connectivity index is 2.67. The van der Waals surface area contributed by atoms with Crippen molar-refractivity contribution < 1.29 is 9.66 Å². The standard InChI is InChI=1S/C12H8Cl2N2O3/c1-19-11-3-2-10(16(17)18)12(15-11)7-4-8(13)6-9(14)5-7/h2-6H,1H3. The minimum absolute atomic E-state index is 0.140. The van der Waals surface area contributed by atoms with Gasteiger partial charge >= 0.3 is 0 Å². The molecule has 19 heavy (non-hydrogen) atoms. The number of nitro groups is 1. The van der Waals surface area contributed by atoms with Crippen molar-refractivity contribution in [3.63, 3.8) is 0 Å². The SMILES string of the molecule is COc1ccc([N+](=O)[O-])c(-c2cc(Cl)cc(Cl)c2)n1. The molecule has 1 aromatic heterocycles. The predicted octanol–water partition coefficient (Wildman–Crippen LogP) is 3.97. The highest BCUT2D eigenvalue weighted by atomic mass is 35.5. The first-order chi connectivity index (χ1) is 9.01. The fourth-order valence-corrected chi connectivity index (χ4v) is 2.12. The number of halogens is 2. The van der Waals surface area contributed by atoms with E-state index in [-0.39, 0.29) is 17.3 Å². The average Bonchev–Trinajstić information content (AvgIpc) is 2.36. The van der Waals surface area contributed by atoms with E-state index in [1.807, 2.05) is 0 Å². The largest absolute Gasteiger partial charge is 0.481 e. The summed E-state index contributed by atoms with van der Waals surface area (Å²) in [6.07, 6.45) is 0. The zero-order chi connectivity index (χ0) is 14.0. The van der Waals surface area contributed by atoms with Crippen molar-refractivity contribution in [3.05, 3.63) is 50.5 Å². The smallest absolute Gasteiger partial charge is 0.295 e. The summed E-state index contributed by atoms with van der Waals surface area (Å²) in [5.74, 6) is 0.275. The first-order valence-electron chi connectivity index (χ1n) is 5.17. The van der Waals surface area contributed by atoms with Crippen molar-refractivity contribution in [1.29, 1.82) is 0 Å². The van der Waals surface area contributed by atoms with Gasteiger partial charge in [-0.2, -0.15) is 0 Å². The highest BCUT2D eigenvalue weighted by Crippen LogP contribution is 2.33. The number of nitrogens with zero attached hydrogens (tertiary/aromatic N) is 2. The lowest BCUT2D eigenvalue weighted by molar-refractivity contribution is -0.384. The fourth-order valence-electron chi connectivity index (χ4n) is 1.60. The van der Waals surface area contributed by atoms with Gasteiger partial charge in [-0.1, -0.05) is 23.2 Å². The summed E-state index contributed by atoms with van der Waals surface area (Å²) in [5, 5.41) is 11.8. The van der Waals surface area contributed by atoms with Crippen LogP contribution in [0.1, 0.15) is 0 Å². The summed E-state index contributed by atoms with van der Waals surface area (Å²) < 4.78 is 4.97. The Morgan fingerprint density at radius 2 is 1.84 bits per heavy atom. The minimum Gasteiger partial charge on any atom is -0.481 e. The Morgan fingerprint density at radius 1 is 1.21 bits per heavy atom. The second kappa shape index (κ2) is 5.42. The number of rotatable bonds is 3. The van der Waals surface area contributed by atoms with Crippen LogP contribution in [0.4, 0.5) is 5.69 Å². The van der Waals surface area contributed by atoms with E-state index < -0.39 is 4.92 Å². The number of methoxy groups -OCH3 is 1. The summed E-state index contributed by atoms with van der Waals surface area (Å²) in [6.45, 7) is 0. The molecule has 0 bridgehead atoms. The molecule has 0 N–H and O–H groups in total. The summed E-state index contributed by atoms with van der Waals surface area (Å²) in [7, 11) is 1.43. The molecule has 0 spiro atoms. The number of ether oxygens (including phenoxy) is 1. The zero-order valence-electron chi connectivity index (χ0n) is 9.76. The highest BCUT2D eigenvalue weighted by molar-refractivity contribution is 6.35. The van der Waals surface area contributed by atoms with Crippen LogP contribution in [0.15, 0.2) is 30.3 Å². The normalized spacial score (nSPS) is 10.3. The predicted molar refractivity (Wildman–Crippen MR) is 72.9 cm³/mol. The van der Waals surface area contributed by atoms with E-state index in [0.29, 0.717) is 15.6 Å². The van der Waals surface area contributed by atoms with Crippen LogP contribution >= 0.6 is 23.2 Å². The number of benzene rings is 1. The van der Waals surface area contributed by atoms with E-state index in [0.717, 1.165) is 0 Å². The zero-order valence-corrected chi connectivity index (χ0v) is 11.3. The van der Waals surface area contributed by atoms with Crippen LogP contribution in [0.25, 0.3) is 11.3 Å². The van der Waals surface area contributed by atoms with E-state index in [1.54, 1.807) is 18.2 Å². The molecular weight excluding hydrogens is 291 g/mol. The third-order valence-electron chi connectivity index (χ3n) is 2.39. The van der Waals surface area contributed by atoms with Crippen molar-refractivity contribution in [2.24, 2.45) is 0 Å². The Kier molecular flexibility index (Phi) is 3.87. The van der Waals surface area contributed by atoms with Gasteiger partial charge in [0.2, 0.25) is 5.88 Å². The summed E-state index contributed by atoms with van der Waals surface area (Å²) in [4.78, 5) is 14.6. The van der Waals surface area contributed by atoms with E-state index in [2.05, 4.69) is 4.98 Å². The van der Waals surface area contributed by atoms with Gasteiger partial charge in [-0.25, -0.2) is 4.98 Å². The summed E-state index contributed by atoms with van der Waals surface area (Å²) >= 11 is 11.8. The Labute approximate surface area is 118 Å². The summed E-state index contributed by atoms with van der Waals surface area (Å²) in [6, 6.07) is 7.41. The van der Waals surface area contributed by atoms with Gasteiger partial charge in [0, 0.05) is 27.7 Å². The molecule has 7 heteroatoms. The lowest BCUT2D eigenvalue weighted by Gasteiger charge is -2.06. The van der Waals surface area contributed by atoms with Crippen molar-refractivity contribution in [1.82, 2.24) is 4.98 Å². The van der Waals surface area contributed by atoms with Crippen LogP contribution in [0, 0.1) is 10.1 Å². The maximum Gasteiger partial charge on any atom is 0.295 e. The highest BCUT2D eigenvalue weighted by Gasteiger charge is 2.18. The van der Waals surface area contributed by atoms with Gasteiger partial charge in [0.05, 0.1) is 12.0 Å². The Morgan fingerprint density at radius 3 is 2.37 bits per heavy atom. The number of hydrogen-bond donors (Lipinski definition) is 0. The van der Waals surface area contributed by atoms with Crippen LogP contribution in [-0.4, -0.2) is 17.0 Å². The molecule has 0 radical (unpaired) electrons. The lowest BCUT2D eigenvalue weighted by atomic mass is 10.1. The quantitative estimate of drug-likeness (QED) is 0.635. The topological polar surface area (TPSA) is 65.3 Å². The molecule has 2 rings (SSSR count). The minimum atomic E-state index is -0.517. The van der Waals surface area contributed by atoms with Crippen LogP contribution in [0.2, 0.25) is 10.0 Å². The molecule has 0 saturated carbocycles. The monoisotopic (exact) mass is 298 g/mol. The third kappa shape index (κ3) is 2.94. The Hall–Kier alpha value is -1.85. The molecule has 0 amide bonds. The van der Waals surface area contributed by atoms with Gasteiger partial charge in [-0.3, -0.25) is 10.1 Å². The van der Waals surface area contributed by atoms with Gasteiger partial charge in [0.15, 0.2) is 5.69 Å². The maximum absolute atomic E-state index is 11.0. The van der Waals surface area contributed by atoms with Gasteiger partial charge < -0.3 is 4.74 Å². The van der Waals surface area contributed by atoms with Crippen LogP contribution in [-0.2, 0) is 0 Å². The van der Waals surface area contributed by atoms with Crippen molar-refractivity contribution >= 4 is 28.9 Å². The molecule has 98 valence electrons. The molecular formula is C12H8Cl2N2O3. The molecule has 0 aliphatic heterocycles. The van der Waals surface area contributed by atoms with Gasteiger partial charge in [0.25, 0.3) is 5.69 Å².